The number of benzene rings is 1. The molecule has 0 radical (unpaired) electrons. The number of aromatic nitrogens is 3. The maximum atomic E-state index is 13.3. The normalized spacial score (nSPS) is 16.6. The molecule has 10 heteroatoms. The molecule has 0 aliphatic carbocycles. The molecule has 0 atom stereocenters. The fourth-order valence-electron chi connectivity index (χ4n) is 3.33. The number of alkyl halides is 5. The lowest BCUT2D eigenvalue weighted by Gasteiger charge is -2.31. The quantitative estimate of drug-likeness (QED) is 0.568. The number of rotatable bonds is 2. The number of halogens is 5. The summed E-state index contributed by atoms with van der Waals surface area (Å²) in [4.78, 5) is 25.8. The van der Waals surface area contributed by atoms with E-state index in [4.69, 9.17) is 0 Å². The Morgan fingerprint density at radius 2 is 1.77 bits per heavy atom. The zero-order valence-corrected chi connectivity index (χ0v) is 15.5. The Hall–Kier alpha value is -3.17. The average molecular weight is 422 g/mol. The van der Waals surface area contributed by atoms with Crippen molar-refractivity contribution < 1.29 is 26.7 Å². The number of carbonyl (C=O) groups is 1. The van der Waals surface area contributed by atoms with Gasteiger partial charge in [0.1, 0.15) is 0 Å². The molecule has 0 spiro atoms. The van der Waals surface area contributed by atoms with E-state index in [0.717, 1.165) is 6.20 Å². The van der Waals surface area contributed by atoms with Crippen LogP contribution in [0.1, 0.15) is 28.9 Å². The first kappa shape index (κ1) is 20.1. The topological polar surface area (TPSA) is 59.0 Å². The minimum Gasteiger partial charge on any atom is -0.338 e. The number of fused-ring (bicyclic) bond motifs is 1. The molecule has 0 N–H and O–H groups in total. The van der Waals surface area contributed by atoms with E-state index in [1.165, 1.54) is 41.4 Å². The fourth-order valence-corrected chi connectivity index (χ4v) is 3.33. The van der Waals surface area contributed by atoms with Gasteiger partial charge < -0.3 is 4.90 Å². The number of piperidine rings is 1. The molecule has 1 aliphatic heterocycles. The van der Waals surface area contributed by atoms with E-state index >= 15 is 0 Å². The van der Waals surface area contributed by atoms with Gasteiger partial charge in [-0.25, -0.2) is 13.8 Å². The summed E-state index contributed by atoms with van der Waals surface area (Å²) in [6.45, 7) is -0.138. The molecule has 2 aromatic heterocycles. The van der Waals surface area contributed by atoms with Crippen LogP contribution in [-0.2, 0) is 6.18 Å². The molecule has 1 aromatic carbocycles. The Balaban J connectivity index is 1.68. The zero-order chi connectivity index (χ0) is 21.5. The Bertz CT molecular complexity index is 1110. The first-order valence-electron chi connectivity index (χ1n) is 9.11. The minimum absolute atomic E-state index is 0.0369. The summed E-state index contributed by atoms with van der Waals surface area (Å²) < 4.78 is 66.5. The average Bonchev–Trinajstić information content (AvgIpc) is 2.72. The number of pyridine rings is 1. The van der Waals surface area contributed by atoms with Crippen molar-refractivity contribution in [1.82, 2.24) is 19.9 Å². The Kier molecular flexibility index (Phi) is 4.87. The Morgan fingerprint density at radius 3 is 2.47 bits per heavy atom. The van der Waals surface area contributed by atoms with E-state index in [1.807, 2.05) is 0 Å². The summed E-state index contributed by atoms with van der Waals surface area (Å²) in [6.07, 6.45) is -3.22. The molecule has 30 heavy (non-hydrogen) atoms. The van der Waals surface area contributed by atoms with Crippen molar-refractivity contribution in [2.24, 2.45) is 0 Å². The molecule has 0 unspecified atom stereocenters. The third-order valence-corrected chi connectivity index (χ3v) is 4.92. The zero-order valence-electron chi connectivity index (χ0n) is 15.5. The molecule has 1 fully saturated rings. The van der Waals surface area contributed by atoms with Gasteiger partial charge in [0.05, 0.1) is 22.9 Å². The van der Waals surface area contributed by atoms with Crippen molar-refractivity contribution >= 4 is 16.9 Å². The second kappa shape index (κ2) is 7.26. The number of carbonyl (C=O) groups excluding carboxylic acids is 1. The highest BCUT2D eigenvalue weighted by Crippen LogP contribution is 2.35. The van der Waals surface area contributed by atoms with Crippen LogP contribution in [0.5, 0.6) is 0 Å². The van der Waals surface area contributed by atoms with Crippen LogP contribution >= 0.6 is 0 Å². The van der Waals surface area contributed by atoms with Gasteiger partial charge in [-0.2, -0.15) is 13.2 Å². The summed E-state index contributed by atoms with van der Waals surface area (Å²) in [5.74, 6) is -3.21. The van der Waals surface area contributed by atoms with Crippen LogP contribution in [-0.4, -0.2) is 44.8 Å². The molecule has 1 amide bonds. The smallest absolute Gasteiger partial charge is 0.338 e. The molecule has 1 aliphatic rings. The summed E-state index contributed by atoms with van der Waals surface area (Å²) in [7, 11) is 0. The highest BCUT2D eigenvalue weighted by Gasteiger charge is 2.37. The fraction of sp³-hybridized carbons (Fsp3) is 0.300. The van der Waals surface area contributed by atoms with Crippen molar-refractivity contribution in [1.29, 1.82) is 0 Å². The minimum atomic E-state index is -4.67. The molecule has 1 saturated heterocycles. The highest BCUT2D eigenvalue weighted by molar-refractivity contribution is 5.97. The predicted molar refractivity (Wildman–Crippen MR) is 97.9 cm³/mol. The summed E-state index contributed by atoms with van der Waals surface area (Å²) in [5.41, 5.74) is -0.531. The van der Waals surface area contributed by atoms with Crippen molar-refractivity contribution in [3.63, 3.8) is 0 Å². The van der Waals surface area contributed by atoms with Crippen LogP contribution in [0.3, 0.4) is 0 Å². The summed E-state index contributed by atoms with van der Waals surface area (Å²) in [5, 5.41) is 0. The monoisotopic (exact) mass is 422 g/mol. The number of hydrogen-bond donors (Lipinski definition) is 0. The van der Waals surface area contributed by atoms with E-state index in [2.05, 4.69) is 15.0 Å². The first-order valence-corrected chi connectivity index (χ1v) is 9.11. The van der Waals surface area contributed by atoms with Crippen LogP contribution in [0.4, 0.5) is 22.0 Å². The molecular formula is C20H15F5N4O. The molecular weight excluding hydrogens is 407 g/mol. The first-order chi connectivity index (χ1) is 14.1. The van der Waals surface area contributed by atoms with Gasteiger partial charge in [-0.05, 0) is 30.3 Å². The van der Waals surface area contributed by atoms with E-state index in [0.29, 0.717) is 5.52 Å². The molecule has 156 valence electrons. The van der Waals surface area contributed by atoms with Crippen LogP contribution in [0.2, 0.25) is 0 Å². The van der Waals surface area contributed by atoms with Gasteiger partial charge in [-0.15, -0.1) is 0 Å². The maximum Gasteiger partial charge on any atom is 0.434 e. The largest absolute Gasteiger partial charge is 0.434 e. The number of amides is 1. The van der Waals surface area contributed by atoms with Gasteiger partial charge in [0.25, 0.3) is 11.8 Å². The molecule has 3 heterocycles. The van der Waals surface area contributed by atoms with Crippen molar-refractivity contribution in [3.8, 4) is 11.3 Å². The predicted octanol–water partition coefficient (Wildman–Crippen LogP) is 4.58. The number of hydrogen-bond acceptors (Lipinski definition) is 4. The van der Waals surface area contributed by atoms with Gasteiger partial charge in [0.15, 0.2) is 5.69 Å². The molecule has 4 rings (SSSR count). The molecule has 0 bridgehead atoms. The van der Waals surface area contributed by atoms with Crippen LogP contribution in [0, 0.1) is 0 Å². The van der Waals surface area contributed by atoms with Gasteiger partial charge in [0, 0.05) is 43.3 Å². The summed E-state index contributed by atoms with van der Waals surface area (Å²) >= 11 is 0. The van der Waals surface area contributed by atoms with E-state index in [9.17, 15) is 26.7 Å². The van der Waals surface area contributed by atoms with Crippen molar-refractivity contribution in [2.45, 2.75) is 24.9 Å². The van der Waals surface area contributed by atoms with Crippen molar-refractivity contribution in [3.05, 3.63) is 54.0 Å². The van der Waals surface area contributed by atoms with E-state index in [1.54, 1.807) is 0 Å². The Labute approximate surface area is 167 Å². The van der Waals surface area contributed by atoms with Crippen LogP contribution in [0.25, 0.3) is 22.3 Å². The lowest BCUT2D eigenvalue weighted by Crippen LogP contribution is -2.42. The second-order valence-electron chi connectivity index (χ2n) is 7.00. The van der Waals surface area contributed by atoms with Gasteiger partial charge in [0.2, 0.25) is 0 Å². The molecule has 5 nitrogen and oxygen atoms in total. The van der Waals surface area contributed by atoms with Crippen LogP contribution in [0.15, 0.2) is 42.7 Å². The lowest BCUT2D eigenvalue weighted by molar-refractivity contribution is -0.140. The standard InChI is InChI=1S/C20H15F5N4O/c21-19(22)5-8-29(9-6-19)18(30)12-3-4-14-15(10-12)28-16(11-27-14)13-2-1-7-26-17(13)20(23,24)25/h1-4,7,10-11H,5-6,8-9H2. The SMILES string of the molecule is O=C(c1ccc2ncc(-c3cccnc3C(F)(F)F)nc2c1)N1CCC(F)(F)CC1. The van der Waals surface area contributed by atoms with Gasteiger partial charge in [-0.1, -0.05) is 0 Å². The van der Waals surface area contributed by atoms with Crippen LogP contribution < -0.4 is 0 Å². The van der Waals surface area contributed by atoms with Crippen molar-refractivity contribution in [2.75, 3.05) is 13.1 Å². The van der Waals surface area contributed by atoms with E-state index < -0.39 is 36.5 Å². The lowest BCUT2D eigenvalue weighted by atomic mass is 10.1. The maximum absolute atomic E-state index is 13.3. The highest BCUT2D eigenvalue weighted by atomic mass is 19.4. The second-order valence-corrected chi connectivity index (χ2v) is 7.00. The van der Waals surface area contributed by atoms with Gasteiger partial charge in [-0.3, -0.25) is 14.8 Å². The third-order valence-electron chi connectivity index (χ3n) is 4.92. The van der Waals surface area contributed by atoms with Gasteiger partial charge >= 0.3 is 6.18 Å². The third kappa shape index (κ3) is 3.94. The Morgan fingerprint density at radius 1 is 1.03 bits per heavy atom. The number of likely N-dealkylation sites (tertiary alicyclic amines) is 1. The van der Waals surface area contributed by atoms with E-state index in [-0.39, 0.29) is 35.4 Å². The molecule has 3 aromatic rings. The summed E-state index contributed by atoms with van der Waals surface area (Å²) in [6, 6.07) is 7.03. The number of nitrogens with zero attached hydrogens (tertiary/aromatic N) is 4. The molecule has 0 saturated carbocycles.